The van der Waals surface area contributed by atoms with Crippen LogP contribution in [0.5, 0.6) is 11.5 Å². The van der Waals surface area contributed by atoms with E-state index in [1.807, 2.05) is 43.3 Å². The van der Waals surface area contributed by atoms with E-state index in [1.165, 1.54) is 0 Å². The fourth-order valence-corrected chi connectivity index (χ4v) is 4.34. The van der Waals surface area contributed by atoms with E-state index in [1.54, 1.807) is 26.2 Å². The van der Waals surface area contributed by atoms with Crippen molar-refractivity contribution in [1.82, 2.24) is 9.88 Å². The number of hydrogen-bond acceptors (Lipinski definition) is 7. The van der Waals surface area contributed by atoms with Crippen LogP contribution in [0.2, 0.25) is 0 Å². The third kappa shape index (κ3) is 4.54. The third-order valence-corrected chi connectivity index (χ3v) is 6.11. The molecular weight excluding hydrogens is 436 g/mol. The fourth-order valence-electron chi connectivity index (χ4n) is 4.34. The highest BCUT2D eigenvalue weighted by molar-refractivity contribution is 5.99. The first kappa shape index (κ1) is 23.5. The van der Waals surface area contributed by atoms with Gasteiger partial charge < -0.3 is 23.8 Å². The molecule has 0 fully saturated rings. The summed E-state index contributed by atoms with van der Waals surface area (Å²) >= 11 is 0. The number of aromatic nitrogens is 1. The number of carbonyl (C=O) groups excluding carboxylic acids is 2. The van der Waals surface area contributed by atoms with Gasteiger partial charge in [-0.3, -0.25) is 4.79 Å². The number of nitrogens with zero attached hydrogens (tertiary/aromatic N) is 2. The minimum absolute atomic E-state index is 0.165. The smallest absolute Gasteiger partial charge is 0.340 e. The Morgan fingerprint density at radius 1 is 1.03 bits per heavy atom. The summed E-state index contributed by atoms with van der Waals surface area (Å²) < 4.78 is 21.5. The molecule has 0 atom stereocenters. The van der Waals surface area contributed by atoms with Crippen molar-refractivity contribution in [2.75, 3.05) is 34.5 Å². The van der Waals surface area contributed by atoms with Gasteiger partial charge in [0.2, 0.25) is 0 Å². The maximum Gasteiger partial charge on any atom is 0.340 e. The molecule has 0 unspecified atom stereocenters. The molecule has 1 aliphatic heterocycles. The van der Waals surface area contributed by atoms with Crippen molar-refractivity contribution in [3.05, 3.63) is 64.3 Å². The van der Waals surface area contributed by atoms with Gasteiger partial charge in [-0.1, -0.05) is 18.2 Å². The van der Waals surface area contributed by atoms with Crippen molar-refractivity contribution < 1.29 is 28.5 Å². The minimum Gasteiger partial charge on any atom is -0.493 e. The number of methoxy groups -OCH3 is 3. The molecule has 178 valence electrons. The van der Waals surface area contributed by atoms with Gasteiger partial charge in [0.25, 0.3) is 5.91 Å². The Balaban J connectivity index is 1.49. The normalized spacial score (nSPS) is 12.9. The number of carbonyl (C=O) groups is 2. The largest absolute Gasteiger partial charge is 0.493 e. The van der Waals surface area contributed by atoms with Crippen LogP contribution in [-0.2, 0) is 33.8 Å². The number of amides is 1. The predicted molar refractivity (Wildman–Crippen MR) is 126 cm³/mol. The van der Waals surface area contributed by atoms with Crippen molar-refractivity contribution in [2.45, 2.75) is 26.5 Å². The lowest BCUT2D eigenvalue weighted by Crippen LogP contribution is -2.38. The van der Waals surface area contributed by atoms with E-state index in [0.29, 0.717) is 42.3 Å². The summed E-state index contributed by atoms with van der Waals surface area (Å²) in [6, 6.07) is 11.4. The Morgan fingerprint density at radius 2 is 1.74 bits per heavy atom. The van der Waals surface area contributed by atoms with E-state index < -0.39 is 5.97 Å². The molecule has 1 aromatic heterocycles. The van der Waals surface area contributed by atoms with Gasteiger partial charge in [0.05, 0.1) is 37.6 Å². The highest BCUT2D eigenvalue weighted by atomic mass is 16.5. The molecule has 0 aliphatic carbocycles. The van der Waals surface area contributed by atoms with Crippen LogP contribution in [0.3, 0.4) is 0 Å². The van der Waals surface area contributed by atoms with E-state index in [-0.39, 0.29) is 19.1 Å². The molecule has 0 N–H and O–H groups in total. The molecule has 2 heterocycles. The summed E-state index contributed by atoms with van der Waals surface area (Å²) in [5.41, 5.74) is 4.46. The van der Waals surface area contributed by atoms with E-state index in [2.05, 4.69) is 4.98 Å². The first-order chi connectivity index (χ1) is 16.5. The maximum atomic E-state index is 13.0. The SMILES string of the molecule is COCc1nc2ccccc2c(C)c1C(=O)OCC(=O)N1CCc2cc(OC)c(OC)cc2C1. The van der Waals surface area contributed by atoms with Gasteiger partial charge in [-0.15, -0.1) is 0 Å². The highest BCUT2D eigenvalue weighted by Gasteiger charge is 2.25. The molecule has 34 heavy (non-hydrogen) atoms. The maximum absolute atomic E-state index is 13.0. The summed E-state index contributed by atoms with van der Waals surface area (Å²) in [5.74, 6) is 0.446. The van der Waals surface area contributed by atoms with E-state index >= 15 is 0 Å². The molecule has 0 saturated heterocycles. The van der Waals surface area contributed by atoms with Crippen LogP contribution in [0.15, 0.2) is 36.4 Å². The van der Waals surface area contributed by atoms with Gasteiger partial charge >= 0.3 is 5.97 Å². The van der Waals surface area contributed by atoms with Crippen LogP contribution in [0.1, 0.15) is 32.7 Å². The Kier molecular flexibility index (Phi) is 6.98. The van der Waals surface area contributed by atoms with Crippen molar-refractivity contribution in [3.63, 3.8) is 0 Å². The van der Waals surface area contributed by atoms with Gasteiger partial charge in [-0.05, 0) is 48.2 Å². The zero-order valence-electron chi connectivity index (χ0n) is 19.8. The average Bonchev–Trinajstić information content (AvgIpc) is 2.86. The van der Waals surface area contributed by atoms with Gasteiger partial charge in [0.1, 0.15) is 0 Å². The second kappa shape index (κ2) is 10.1. The average molecular weight is 465 g/mol. The first-order valence-electron chi connectivity index (χ1n) is 11.0. The molecule has 0 saturated carbocycles. The number of pyridine rings is 1. The number of rotatable bonds is 7. The lowest BCUT2D eigenvalue weighted by Gasteiger charge is -2.29. The van der Waals surface area contributed by atoms with Crippen molar-refractivity contribution in [3.8, 4) is 11.5 Å². The summed E-state index contributed by atoms with van der Waals surface area (Å²) in [7, 11) is 4.72. The predicted octanol–water partition coefficient (Wildman–Crippen LogP) is 3.45. The quantitative estimate of drug-likeness (QED) is 0.495. The lowest BCUT2D eigenvalue weighted by atomic mass is 9.99. The van der Waals surface area contributed by atoms with Gasteiger partial charge in [0.15, 0.2) is 18.1 Å². The number of benzene rings is 2. The first-order valence-corrected chi connectivity index (χ1v) is 11.0. The van der Waals surface area contributed by atoms with Crippen molar-refractivity contribution in [1.29, 1.82) is 0 Å². The van der Waals surface area contributed by atoms with Crippen LogP contribution in [0.4, 0.5) is 0 Å². The van der Waals surface area contributed by atoms with Crippen molar-refractivity contribution in [2.24, 2.45) is 0 Å². The van der Waals surface area contributed by atoms with Gasteiger partial charge in [-0.25, -0.2) is 9.78 Å². The minimum atomic E-state index is -0.583. The van der Waals surface area contributed by atoms with Gasteiger partial charge in [-0.2, -0.15) is 0 Å². The van der Waals surface area contributed by atoms with Crippen LogP contribution in [0, 0.1) is 6.92 Å². The second-order valence-corrected chi connectivity index (χ2v) is 8.13. The fraction of sp³-hybridized carbons (Fsp3) is 0.346. The van der Waals surface area contributed by atoms with Crippen LogP contribution >= 0.6 is 0 Å². The summed E-state index contributed by atoms with van der Waals surface area (Å²) in [4.78, 5) is 32.2. The molecule has 1 aliphatic rings. The van der Waals surface area contributed by atoms with Crippen LogP contribution < -0.4 is 9.47 Å². The molecular formula is C26H28N2O6. The molecule has 3 aromatic rings. The van der Waals surface area contributed by atoms with E-state index in [0.717, 1.165) is 27.6 Å². The molecule has 0 radical (unpaired) electrons. The van der Waals surface area contributed by atoms with Gasteiger partial charge in [0, 0.05) is 25.6 Å². The molecule has 8 heteroatoms. The Morgan fingerprint density at radius 3 is 2.44 bits per heavy atom. The Bertz CT molecular complexity index is 1240. The van der Waals surface area contributed by atoms with E-state index in [4.69, 9.17) is 18.9 Å². The van der Waals surface area contributed by atoms with Crippen LogP contribution in [0.25, 0.3) is 10.9 Å². The summed E-state index contributed by atoms with van der Waals surface area (Å²) in [5, 5.41) is 0.859. The molecule has 0 spiro atoms. The monoisotopic (exact) mass is 464 g/mol. The third-order valence-electron chi connectivity index (χ3n) is 6.11. The van der Waals surface area contributed by atoms with Crippen molar-refractivity contribution >= 4 is 22.8 Å². The molecule has 2 aromatic carbocycles. The zero-order valence-corrected chi connectivity index (χ0v) is 19.8. The summed E-state index contributed by atoms with van der Waals surface area (Å²) in [6.45, 7) is 2.62. The molecule has 0 bridgehead atoms. The number of hydrogen-bond donors (Lipinski definition) is 0. The Labute approximate surface area is 198 Å². The second-order valence-electron chi connectivity index (χ2n) is 8.13. The number of esters is 1. The highest BCUT2D eigenvalue weighted by Crippen LogP contribution is 2.33. The molecule has 1 amide bonds. The number of ether oxygens (including phenoxy) is 4. The summed E-state index contributed by atoms with van der Waals surface area (Å²) in [6.07, 6.45) is 0.682. The number of aryl methyl sites for hydroxylation is 1. The topological polar surface area (TPSA) is 87.2 Å². The molecule has 8 nitrogen and oxygen atoms in total. The van der Waals surface area contributed by atoms with Crippen LogP contribution in [-0.4, -0.2) is 56.2 Å². The zero-order chi connectivity index (χ0) is 24.2. The molecule has 4 rings (SSSR count). The Hall–Kier alpha value is -3.65. The number of fused-ring (bicyclic) bond motifs is 2. The standard InChI is InChI=1S/C26H28N2O6/c1-16-19-7-5-6-8-20(19)27-21(14-31-2)25(16)26(30)34-15-24(29)28-10-9-17-11-22(32-3)23(33-4)12-18(17)13-28/h5-8,11-12H,9-10,13-15H2,1-4H3. The van der Waals surface area contributed by atoms with E-state index in [9.17, 15) is 9.59 Å². The number of para-hydroxylation sites is 1. The lowest BCUT2D eigenvalue weighted by molar-refractivity contribution is -0.135.